The lowest BCUT2D eigenvalue weighted by Gasteiger charge is -2.32. The average molecular weight is 302 g/mol. The summed E-state index contributed by atoms with van der Waals surface area (Å²) in [5, 5.41) is 1.06. The molecule has 2 aliphatic rings. The standard InChI is InChI=1S/C14H24BrNO/c1-2-5-12-8-13(17)16(9-12)11-14(10-15)6-3-4-7-14/h12H,2-11H2,1H3. The third kappa shape index (κ3) is 3.04. The number of rotatable bonds is 5. The van der Waals surface area contributed by atoms with Gasteiger partial charge in [-0.2, -0.15) is 0 Å². The van der Waals surface area contributed by atoms with Crippen LogP contribution < -0.4 is 0 Å². The van der Waals surface area contributed by atoms with Gasteiger partial charge in [-0.1, -0.05) is 42.1 Å². The van der Waals surface area contributed by atoms with Gasteiger partial charge in [0.05, 0.1) is 0 Å². The monoisotopic (exact) mass is 301 g/mol. The summed E-state index contributed by atoms with van der Waals surface area (Å²) in [6, 6.07) is 0. The lowest BCUT2D eigenvalue weighted by atomic mass is 9.88. The van der Waals surface area contributed by atoms with E-state index in [0.717, 1.165) is 24.8 Å². The Balaban J connectivity index is 1.92. The molecule has 1 aliphatic heterocycles. The molecule has 0 N–H and O–H groups in total. The van der Waals surface area contributed by atoms with Crippen LogP contribution in [0, 0.1) is 11.3 Å². The summed E-state index contributed by atoms with van der Waals surface area (Å²) < 4.78 is 0. The first kappa shape index (κ1) is 13.4. The molecule has 0 aromatic carbocycles. The van der Waals surface area contributed by atoms with Gasteiger partial charge in [0.25, 0.3) is 0 Å². The SMILES string of the molecule is CCCC1CC(=O)N(CC2(CBr)CCCC2)C1. The molecule has 1 saturated carbocycles. The van der Waals surface area contributed by atoms with Crippen LogP contribution in [-0.4, -0.2) is 29.2 Å². The lowest BCUT2D eigenvalue weighted by Crippen LogP contribution is -2.38. The number of carbonyl (C=O) groups excluding carboxylic acids is 1. The number of hydrogen-bond donors (Lipinski definition) is 0. The minimum atomic E-state index is 0.386. The summed E-state index contributed by atoms with van der Waals surface area (Å²) in [5.41, 5.74) is 0.386. The quantitative estimate of drug-likeness (QED) is 0.711. The largest absolute Gasteiger partial charge is 0.342 e. The Morgan fingerprint density at radius 1 is 1.41 bits per heavy atom. The molecule has 2 nitrogen and oxygen atoms in total. The van der Waals surface area contributed by atoms with E-state index in [4.69, 9.17) is 0 Å². The second-order valence-electron chi connectivity index (χ2n) is 5.97. The molecule has 2 rings (SSSR count). The Kier molecular flexibility index (Phi) is 4.51. The van der Waals surface area contributed by atoms with Crippen LogP contribution in [0.4, 0.5) is 0 Å². The average Bonchev–Trinajstić information content (AvgIpc) is 2.89. The number of likely N-dealkylation sites (tertiary alicyclic amines) is 1. The van der Waals surface area contributed by atoms with Crippen LogP contribution >= 0.6 is 15.9 Å². The molecule has 0 radical (unpaired) electrons. The van der Waals surface area contributed by atoms with Crippen molar-refractivity contribution in [3.63, 3.8) is 0 Å². The van der Waals surface area contributed by atoms with Crippen molar-refractivity contribution < 1.29 is 4.79 Å². The number of hydrogen-bond acceptors (Lipinski definition) is 1. The molecule has 1 unspecified atom stereocenters. The summed E-state index contributed by atoms with van der Waals surface area (Å²) in [6.45, 7) is 4.23. The van der Waals surface area contributed by atoms with E-state index in [1.165, 1.54) is 38.5 Å². The molecule has 1 heterocycles. The summed E-state index contributed by atoms with van der Waals surface area (Å²) >= 11 is 3.67. The predicted molar refractivity (Wildman–Crippen MR) is 74.3 cm³/mol. The fraction of sp³-hybridized carbons (Fsp3) is 0.929. The molecular weight excluding hydrogens is 278 g/mol. The van der Waals surface area contributed by atoms with E-state index >= 15 is 0 Å². The van der Waals surface area contributed by atoms with Crippen LogP contribution in [0.25, 0.3) is 0 Å². The van der Waals surface area contributed by atoms with E-state index in [0.29, 0.717) is 17.2 Å². The van der Waals surface area contributed by atoms with Gasteiger partial charge in [0.15, 0.2) is 0 Å². The lowest BCUT2D eigenvalue weighted by molar-refractivity contribution is -0.128. The van der Waals surface area contributed by atoms with Crippen LogP contribution in [0.3, 0.4) is 0 Å². The van der Waals surface area contributed by atoms with E-state index in [2.05, 4.69) is 27.8 Å². The van der Waals surface area contributed by atoms with Gasteiger partial charge in [-0.3, -0.25) is 4.79 Å². The van der Waals surface area contributed by atoms with Gasteiger partial charge in [-0.05, 0) is 30.6 Å². The van der Waals surface area contributed by atoms with E-state index in [1.54, 1.807) is 0 Å². The van der Waals surface area contributed by atoms with Crippen molar-refractivity contribution in [2.24, 2.45) is 11.3 Å². The summed E-state index contributed by atoms with van der Waals surface area (Å²) in [5.74, 6) is 1.02. The number of halogens is 1. The van der Waals surface area contributed by atoms with Crippen LogP contribution in [0.1, 0.15) is 51.9 Å². The third-order valence-corrected chi connectivity index (χ3v) is 5.65. The molecule has 1 aliphatic carbocycles. The maximum absolute atomic E-state index is 12.0. The van der Waals surface area contributed by atoms with Crippen molar-refractivity contribution in [3.05, 3.63) is 0 Å². The second-order valence-corrected chi connectivity index (χ2v) is 6.53. The molecule has 3 heteroatoms. The van der Waals surface area contributed by atoms with Crippen molar-refractivity contribution in [1.82, 2.24) is 4.90 Å². The van der Waals surface area contributed by atoms with Gasteiger partial charge in [0.2, 0.25) is 5.91 Å². The topological polar surface area (TPSA) is 20.3 Å². The van der Waals surface area contributed by atoms with E-state index in [-0.39, 0.29) is 0 Å². The maximum atomic E-state index is 12.0. The zero-order valence-corrected chi connectivity index (χ0v) is 12.5. The number of amides is 1. The fourth-order valence-electron chi connectivity index (χ4n) is 3.47. The Morgan fingerprint density at radius 2 is 2.12 bits per heavy atom. The Hall–Kier alpha value is -0.0500. The van der Waals surface area contributed by atoms with Gasteiger partial charge >= 0.3 is 0 Å². The van der Waals surface area contributed by atoms with Gasteiger partial charge < -0.3 is 4.90 Å². The normalized spacial score (nSPS) is 28.0. The van der Waals surface area contributed by atoms with Crippen LogP contribution in [0.15, 0.2) is 0 Å². The molecule has 0 spiro atoms. The number of nitrogens with zero attached hydrogens (tertiary/aromatic N) is 1. The molecule has 2 fully saturated rings. The van der Waals surface area contributed by atoms with Crippen molar-refractivity contribution in [2.75, 3.05) is 18.4 Å². The van der Waals surface area contributed by atoms with Crippen LogP contribution in [-0.2, 0) is 4.79 Å². The van der Waals surface area contributed by atoms with E-state index in [1.807, 2.05) is 0 Å². The highest BCUT2D eigenvalue weighted by Gasteiger charge is 2.38. The summed E-state index contributed by atoms with van der Waals surface area (Å²) in [6.07, 6.45) is 8.48. The third-order valence-electron chi connectivity index (χ3n) is 4.47. The molecule has 0 bridgehead atoms. The van der Waals surface area contributed by atoms with Crippen molar-refractivity contribution >= 4 is 21.8 Å². The second kappa shape index (κ2) is 5.73. The zero-order valence-electron chi connectivity index (χ0n) is 10.9. The molecule has 1 saturated heterocycles. The molecule has 1 amide bonds. The highest BCUT2D eigenvalue weighted by atomic mass is 79.9. The van der Waals surface area contributed by atoms with Gasteiger partial charge in [-0.15, -0.1) is 0 Å². The molecule has 1 atom stereocenters. The number of alkyl halides is 1. The van der Waals surface area contributed by atoms with Crippen LogP contribution in [0.2, 0.25) is 0 Å². The van der Waals surface area contributed by atoms with E-state index < -0.39 is 0 Å². The first-order valence-electron chi connectivity index (χ1n) is 7.03. The fourth-order valence-corrected chi connectivity index (χ4v) is 4.21. The van der Waals surface area contributed by atoms with E-state index in [9.17, 15) is 4.79 Å². The zero-order chi connectivity index (χ0) is 12.3. The Bertz CT molecular complexity index is 273. The summed E-state index contributed by atoms with van der Waals surface area (Å²) in [4.78, 5) is 14.2. The summed E-state index contributed by atoms with van der Waals surface area (Å²) in [7, 11) is 0. The minimum Gasteiger partial charge on any atom is -0.342 e. The first-order valence-corrected chi connectivity index (χ1v) is 8.15. The van der Waals surface area contributed by atoms with Crippen molar-refractivity contribution in [1.29, 1.82) is 0 Å². The highest BCUT2D eigenvalue weighted by Crippen LogP contribution is 2.41. The predicted octanol–water partition coefficient (Wildman–Crippen LogP) is 3.59. The van der Waals surface area contributed by atoms with Gasteiger partial charge in [-0.25, -0.2) is 0 Å². The number of carbonyl (C=O) groups is 1. The molecule has 0 aromatic rings. The highest BCUT2D eigenvalue weighted by molar-refractivity contribution is 9.09. The van der Waals surface area contributed by atoms with Gasteiger partial charge in [0.1, 0.15) is 0 Å². The molecule has 98 valence electrons. The Labute approximate surface area is 113 Å². The van der Waals surface area contributed by atoms with Crippen molar-refractivity contribution in [3.8, 4) is 0 Å². The van der Waals surface area contributed by atoms with Crippen molar-refractivity contribution in [2.45, 2.75) is 51.9 Å². The van der Waals surface area contributed by atoms with Crippen LogP contribution in [0.5, 0.6) is 0 Å². The maximum Gasteiger partial charge on any atom is 0.222 e. The smallest absolute Gasteiger partial charge is 0.222 e. The molecule has 0 aromatic heterocycles. The molecular formula is C14H24BrNO. The minimum absolute atomic E-state index is 0.386. The molecule has 17 heavy (non-hydrogen) atoms. The van der Waals surface area contributed by atoms with Gasteiger partial charge in [0, 0.05) is 24.8 Å². The Morgan fingerprint density at radius 3 is 2.71 bits per heavy atom. The first-order chi connectivity index (χ1) is 8.19.